The molecule has 0 radical (unpaired) electrons. The van der Waals surface area contributed by atoms with Gasteiger partial charge in [0.1, 0.15) is 5.75 Å². The molecule has 2 unspecified atom stereocenters. The van der Waals surface area contributed by atoms with Crippen molar-refractivity contribution in [1.29, 1.82) is 0 Å². The van der Waals surface area contributed by atoms with E-state index < -0.39 is 5.79 Å². The van der Waals surface area contributed by atoms with Crippen LogP contribution in [0.5, 0.6) is 5.75 Å². The minimum atomic E-state index is -1.50. The summed E-state index contributed by atoms with van der Waals surface area (Å²) in [5, 5.41) is 20.3. The van der Waals surface area contributed by atoms with Crippen LogP contribution in [0.4, 0.5) is 0 Å². The molecule has 0 spiro atoms. The third-order valence-corrected chi connectivity index (χ3v) is 5.91. The molecular weight excluding hydrogens is 414 g/mol. The van der Waals surface area contributed by atoms with Crippen LogP contribution >= 0.6 is 11.8 Å². The van der Waals surface area contributed by atoms with Crippen molar-refractivity contribution in [3.05, 3.63) is 35.0 Å². The van der Waals surface area contributed by atoms with Gasteiger partial charge in [0.25, 0.3) is 0 Å². The van der Waals surface area contributed by atoms with Gasteiger partial charge in [-0.05, 0) is 52.2 Å². The zero-order valence-corrected chi connectivity index (χ0v) is 20.4. The van der Waals surface area contributed by atoms with Gasteiger partial charge in [-0.25, -0.2) is 0 Å². The maximum atomic E-state index is 8.08. The Morgan fingerprint density at radius 3 is 2.55 bits per heavy atom. The number of benzene rings is 1. The first-order valence-electron chi connectivity index (χ1n) is 11.1. The van der Waals surface area contributed by atoms with Crippen LogP contribution in [0.2, 0.25) is 0 Å². The zero-order chi connectivity index (χ0) is 23.0. The van der Waals surface area contributed by atoms with E-state index in [4.69, 9.17) is 24.2 Å². The maximum absolute atomic E-state index is 8.08. The van der Waals surface area contributed by atoms with Crippen molar-refractivity contribution < 1.29 is 24.2 Å². The fourth-order valence-electron chi connectivity index (χ4n) is 3.39. The number of fused-ring (bicyclic) bond motifs is 1. The highest BCUT2D eigenvalue weighted by Crippen LogP contribution is 2.35. The van der Waals surface area contributed by atoms with E-state index in [1.165, 1.54) is 37.8 Å². The summed E-state index contributed by atoms with van der Waals surface area (Å²) in [7, 11) is 0. The van der Waals surface area contributed by atoms with Crippen LogP contribution in [0.25, 0.3) is 11.3 Å². The number of nitrogens with zero attached hydrogens (tertiary/aromatic N) is 1. The molecule has 3 heterocycles. The van der Waals surface area contributed by atoms with Gasteiger partial charge >= 0.3 is 0 Å². The zero-order valence-electron chi connectivity index (χ0n) is 19.6. The van der Waals surface area contributed by atoms with Crippen molar-refractivity contribution in [2.75, 3.05) is 12.4 Å². The van der Waals surface area contributed by atoms with Crippen LogP contribution in [0.15, 0.2) is 22.7 Å². The molecule has 174 valence electrons. The lowest BCUT2D eigenvalue weighted by Gasteiger charge is -2.10. The molecule has 7 heteroatoms. The SMILES string of the molecule is CC.CC(C)(O)O.Cc1noc(-c2ccc3c(c2)OCC3)c1CSCC1CCC(C)O1. The summed E-state index contributed by atoms with van der Waals surface area (Å²) >= 11 is 1.90. The standard InChI is InChI=1S/C19H23NO3S.C3H8O2.C2H6/c1-12-3-6-16(22-12)10-24-11-17-13(2)20-23-19(17)15-5-4-14-7-8-21-18(14)9-15;1-3(2,4)5;1-2/h4-5,9,12,16H,3,6-8,10-11H2,1-2H3;4-5H,1-2H3;1-2H3. The number of ether oxygens (including phenoxy) is 2. The molecule has 4 rings (SSSR count). The van der Waals surface area contributed by atoms with E-state index in [0.29, 0.717) is 12.2 Å². The monoisotopic (exact) mass is 451 g/mol. The van der Waals surface area contributed by atoms with Gasteiger partial charge in [-0.3, -0.25) is 0 Å². The predicted octanol–water partition coefficient (Wildman–Crippen LogP) is 5.12. The van der Waals surface area contributed by atoms with Crippen molar-refractivity contribution in [1.82, 2.24) is 5.16 Å². The number of hydrogen-bond acceptors (Lipinski definition) is 7. The second kappa shape index (κ2) is 11.9. The summed E-state index contributed by atoms with van der Waals surface area (Å²) in [4.78, 5) is 0. The molecule has 6 nitrogen and oxygen atoms in total. The van der Waals surface area contributed by atoms with Crippen LogP contribution in [-0.4, -0.2) is 45.7 Å². The van der Waals surface area contributed by atoms with Gasteiger partial charge in [-0.2, -0.15) is 11.8 Å². The molecule has 0 bridgehead atoms. The van der Waals surface area contributed by atoms with Crippen molar-refractivity contribution in [2.24, 2.45) is 0 Å². The summed E-state index contributed by atoms with van der Waals surface area (Å²) in [6.45, 7) is 11.5. The first kappa shape index (κ1) is 25.7. The van der Waals surface area contributed by atoms with Crippen LogP contribution < -0.4 is 4.74 Å². The number of aliphatic hydroxyl groups is 2. The molecule has 2 aromatic rings. The number of hydrogen-bond donors (Lipinski definition) is 2. The largest absolute Gasteiger partial charge is 0.493 e. The second-order valence-electron chi connectivity index (χ2n) is 8.15. The molecule has 0 amide bonds. The Morgan fingerprint density at radius 1 is 1.19 bits per heavy atom. The molecule has 2 aliphatic heterocycles. The van der Waals surface area contributed by atoms with E-state index in [1.807, 2.05) is 32.5 Å². The Hall–Kier alpha value is -1.54. The fraction of sp³-hybridized carbons (Fsp3) is 0.625. The van der Waals surface area contributed by atoms with E-state index in [9.17, 15) is 0 Å². The molecule has 2 aliphatic rings. The quantitative estimate of drug-likeness (QED) is 0.610. The van der Waals surface area contributed by atoms with Gasteiger partial charge < -0.3 is 24.2 Å². The molecule has 2 N–H and O–H groups in total. The van der Waals surface area contributed by atoms with Gasteiger partial charge in [-0.15, -0.1) is 0 Å². The lowest BCUT2D eigenvalue weighted by Crippen LogP contribution is -2.15. The Labute approximate surface area is 190 Å². The van der Waals surface area contributed by atoms with E-state index in [1.54, 1.807) is 0 Å². The minimum absolute atomic E-state index is 0.391. The highest BCUT2D eigenvalue weighted by atomic mass is 32.2. The Bertz CT molecular complexity index is 809. The Morgan fingerprint density at radius 2 is 1.90 bits per heavy atom. The Kier molecular flexibility index (Phi) is 9.88. The molecule has 0 aliphatic carbocycles. The smallest absolute Gasteiger partial charge is 0.171 e. The molecular formula is C24H37NO5S. The lowest BCUT2D eigenvalue weighted by molar-refractivity contribution is -0.127. The molecule has 2 atom stereocenters. The molecule has 31 heavy (non-hydrogen) atoms. The first-order valence-corrected chi connectivity index (χ1v) is 12.3. The van der Waals surface area contributed by atoms with Crippen LogP contribution in [0.1, 0.15) is 64.3 Å². The van der Waals surface area contributed by atoms with Gasteiger partial charge in [-0.1, -0.05) is 31.1 Å². The van der Waals surface area contributed by atoms with Gasteiger partial charge in [0.05, 0.1) is 24.5 Å². The van der Waals surface area contributed by atoms with E-state index in [-0.39, 0.29) is 0 Å². The second-order valence-corrected chi connectivity index (χ2v) is 9.18. The molecule has 1 aromatic heterocycles. The highest BCUT2D eigenvalue weighted by Gasteiger charge is 2.23. The summed E-state index contributed by atoms with van der Waals surface area (Å²) < 4.78 is 17.2. The van der Waals surface area contributed by atoms with Gasteiger partial charge in [0.2, 0.25) is 0 Å². The third kappa shape index (κ3) is 8.15. The third-order valence-electron chi connectivity index (χ3n) is 4.81. The number of aromatic nitrogens is 1. The van der Waals surface area contributed by atoms with Crippen molar-refractivity contribution in [3.8, 4) is 17.1 Å². The average Bonchev–Trinajstić information content (AvgIpc) is 3.42. The maximum Gasteiger partial charge on any atom is 0.171 e. The molecule has 0 saturated carbocycles. The minimum Gasteiger partial charge on any atom is -0.493 e. The normalized spacial score (nSPS) is 19.6. The highest BCUT2D eigenvalue weighted by molar-refractivity contribution is 7.98. The lowest BCUT2D eigenvalue weighted by atomic mass is 10.0. The van der Waals surface area contributed by atoms with Crippen molar-refractivity contribution in [3.63, 3.8) is 0 Å². The van der Waals surface area contributed by atoms with Crippen LogP contribution in [0, 0.1) is 6.92 Å². The van der Waals surface area contributed by atoms with Crippen LogP contribution in [-0.2, 0) is 16.9 Å². The van der Waals surface area contributed by atoms with Crippen molar-refractivity contribution in [2.45, 2.75) is 84.6 Å². The molecule has 1 saturated heterocycles. The van der Waals surface area contributed by atoms with Gasteiger partial charge in [0.15, 0.2) is 11.5 Å². The Balaban J connectivity index is 0.000000432. The molecule has 1 aromatic carbocycles. The first-order chi connectivity index (χ1) is 14.7. The summed E-state index contributed by atoms with van der Waals surface area (Å²) in [6.07, 6.45) is 4.15. The number of rotatable bonds is 5. The van der Waals surface area contributed by atoms with Gasteiger partial charge in [0, 0.05) is 29.1 Å². The van der Waals surface area contributed by atoms with E-state index in [2.05, 4.69) is 30.3 Å². The van der Waals surface area contributed by atoms with Crippen LogP contribution in [0.3, 0.4) is 0 Å². The predicted molar refractivity (Wildman–Crippen MR) is 125 cm³/mol. The number of aryl methyl sites for hydroxylation is 1. The summed E-state index contributed by atoms with van der Waals surface area (Å²) in [5.74, 6) is 2.28. The van der Waals surface area contributed by atoms with Crippen molar-refractivity contribution >= 4 is 11.8 Å². The fourth-order valence-corrected chi connectivity index (χ4v) is 4.56. The average molecular weight is 452 g/mol. The summed E-state index contributed by atoms with van der Waals surface area (Å²) in [5.41, 5.74) is 4.49. The van der Waals surface area contributed by atoms with E-state index in [0.717, 1.165) is 47.3 Å². The topological polar surface area (TPSA) is 85.0 Å². The number of thioether (sulfide) groups is 1. The molecule has 1 fully saturated rings. The van der Waals surface area contributed by atoms with E-state index >= 15 is 0 Å². The summed E-state index contributed by atoms with van der Waals surface area (Å²) in [6, 6.07) is 6.34.